The highest BCUT2D eigenvalue weighted by molar-refractivity contribution is 5.77. The van der Waals surface area contributed by atoms with Crippen molar-refractivity contribution in [1.82, 2.24) is 4.90 Å². The van der Waals surface area contributed by atoms with Gasteiger partial charge in [0.25, 0.3) is 0 Å². The van der Waals surface area contributed by atoms with E-state index in [0.717, 1.165) is 6.07 Å². The molecule has 5 heteroatoms. The normalized spacial score (nSPS) is 12.8. The molecule has 0 aliphatic carbocycles. The average Bonchev–Trinajstić information content (AvgIpc) is 2.22. The largest absolute Gasteiger partial charge is 0.388 e. The molecule has 0 bridgehead atoms. The summed E-state index contributed by atoms with van der Waals surface area (Å²) in [6, 6.07) is 3.94. The third kappa shape index (κ3) is 4.11. The number of benzene rings is 1. The van der Waals surface area contributed by atoms with E-state index in [1.165, 1.54) is 6.07 Å². The minimum atomic E-state index is -0.840. The molecule has 0 aromatic heterocycles. The molecule has 17 heavy (non-hydrogen) atoms. The van der Waals surface area contributed by atoms with E-state index in [-0.39, 0.29) is 11.9 Å². The minimum absolute atomic E-state index is 0.0839. The summed E-state index contributed by atoms with van der Waals surface area (Å²) in [6.45, 7) is 2.42. The maximum atomic E-state index is 13.0. The standard InChI is InChI=1S/C12H17F2N3/c1-8(5-12(15)16)17(2)7-9-3-4-10(13)11(14)6-9/h3-4,6,8H,5,7H2,1-2H3,(H3,15,16). The van der Waals surface area contributed by atoms with Crippen molar-refractivity contribution in [2.45, 2.75) is 25.9 Å². The van der Waals surface area contributed by atoms with Crippen molar-refractivity contribution in [3.8, 4) is 0 Å². The fourth-order valence-corrected chi connectivity index (χ4v) is 1.56. The number of hydrogen-bond acceptors (Lipinski definition) is 2. The number of amidine groups is 1. The van der Waals surface area contributed by atoms with Crippen molar-refractivity contribution in [2.75, 3.05) is 7.05 Å². The molecule has 3 nitrogen and oxygen atoms in total. The highest BCUT2D eigenvalue weighted by Gasteiger charge is 2.11. The maximum absolute atomic E-state index is 13.0. The van der Waals surface area contributed by atoms with Gasteiger partial charge in [-0.25, -0.2) is 8.78 Å². The van der Waals surface area contributed by atoms with Crippen LogP contribution < -0.4 is 5.73 Å². The lowest BCUT2D eigenvalue weighted by Crippen LogP contribution is -2.32. The Labute approximate surface area is 99.7 Å². The van der Waals surface area contributed by atoms with Crippen molar-refractivity contribution in [1.29, 1.82) is 5.41 Å². The zero-order valence-corrected chi connectivity index (χ0v) is 10.0. The van der Waals surface area contributed by atoms with Gasteiger partial charge in [-0.1, -0.05) is 6.07 Å². The van der Waals surface area contributed by atoms with Gasteiger partial charge in [0.05, 0.1) is 5.84 Å². The van der Waals surface area contributed by atoms with Gasteiger partial charge in [0, 0.05) is 19.0 Å². The molecule has 0 saturated carbocycles. The van der Waals surface area contributed by atoms with Crippen molar-refractivity contribution in [2.24, 2.45) is 5.73 Å². The minimum Gasteiger partial charge on any atom is -0.388 e. The Hall–Kier alpha value is -1.49. The van der Waals surface area contributed by atoms with Crippen LogP contribution in [-0.4, -0.2) is 23.8 Å². The van der Waals surface area contributed by atoms with Crippen LogP contribution in [0.4, 0.5) is 8.78 Å². The number of nitrogens with zero attached hydrogens (tertiary/aromatic N) is 1. The zero-order valence-electron chi connectivity index (χ0n) is 10.0. The lowest BCUT2D eigenvalue weighted by molar-refractivity contribution is 0.254. The van der Waals surface area contributed by atoms with Crippen LogP contribution >= 0.6 is 0 Å². The van der Waals surface area contributed by atoms with Crippen LogP contribution in [0.15, 0.2) is 18.2 Å². The molecule has 0 radical (unpaired) electrons. The summed E-state index contributed by atoms with van der Waals surface area (Å²) in [6.07, 6.45) is 0.459. The molecule has 0 spiro atoms. The van der Waals surface area contributed by atoms with Gasteiger partial charge in [-0.2, -0.15) is 0 Å². The maximum Gasteiger partial charge on any atom is 0.159 e. The third-order valence-electron chi connectivity index (χ3n) is 2.68. The van der Waals surface area contributed by atoms with E-state index in [0.29, 0.717) is 18.5 Å². The van der Waals surface area contributed by atoms with Crippen LogP contribution in [0.5, 0.6) is 0 Å². The van der Waals surface area contributed by atoms with Gasteiger partial charge in [0.15, 0.2) is 11.6 Å². The molecule has 1 unspecified atom stereocenters. The Morgan fingerprint density at radius 3 is 2.59 bits per heavy atom. The second-order valence-corrected chi connectivity index (χ2v) is 4.24. The van der Waals surface area contributed by atoms with Gasteiger partial charge in [-0.05, 0) is 31.7 Å². The van der Waals surface area contributed by atoms with E-state index >= 15 is 0 Å². The fourth-order valence-electron chi connectivity index (χ4n) is 1.56. The highest BCUT2D eigenvalue weighted by atomic mass is 19.2. The first-order valence-electron chi connectivity index (χ1n) is 5.37. The molecule has 0 fully saturated rings. The van der Waals surface area contributed by atoms with Crippen LogP contribution in [0.2, 0.25) is 0 Å². The Kier molecular flexibility index (Phi) is 4.57. The molecule has 0 aliphatic rings. The summed E-state index contributed by atoms with van der Waals surface area (Å²) < 4.78 is 25.7. The predicted octanol–water partition coefficient (Wildman–Crippen LogP) is 2.11. The summed E-state index contributed by atoms with van der Waals surface area (Å²) in [7, 11) is 1.86. The molecular formula is C12H17F2N3. The Morgan fingerprint density at radius 2 is 2.06 bits per heavy atom. The summed E-state index contributed by atoms with van der Waals surface area (Å²) in [5.74, 6) is -1.56. The van der Waals surface area contributed by atoms with Crippen LogP contribution in [0.3, 0.4) is 0 Å². The lowest BCUT2D eigenvalue weighted by atomic mass is 10.1. The van der Waals surface area contributed by atoms with Crippen LogP contribution in [0.1, 0.15) is 18.9 Å². The number of halogens is 2. The van der Waals surface area contributed by atoms with Crippen molar-refractivity contribution < 1.29 is 8.78 Å². The van der Waals surface area contributed by atoms with Crippen LogP contribution in [0.25, 0.3) is 0 Å². The summed E-state index contributed by atoms with van der Waals surface area (Å²) in [5.41, 5.74) is 6.01. The van der Waals surface area contributed by atoms with E-state index in [1.807, 2.05) is 18.9 Å². The van der Waals surface area contributed by atoms with E-state index in [1.54, 1.807) is 6.07 Å². The Balaban J connectivity index is 2.64. The lowest BCUT2D eigenvalue weighted by Gasteiger charge is -2.24. The first-order chi connectivity index (χ1) is 7.90. The molecule has 1 aromatic rings. The first kappa shape index (κ1) is 13.6. The quantitative estimate of drug-likeness (QED) is 0.612. The van der Waals surface area contributed by atoms with Crippen molar-refractivity contribution in [3.05, 3.63) is 35.4 Å². The second kappa shape index (κ2) is 5.72. The average molecular weight is 241 g/mol. The molecular weight excluding hydrogens is 224 g/mol. The van der Waals surface area contributed by atoms with Crippen molar-refractivity contribution in [3.63, 3.8) is 0 Å². The van der Waals surface area contributed by atoms with Crippen LogP contribution in [0, 0.1) is 17.0 Å². The van der Waals surface area contributed by atoms with Gasteiger partial charge >= 0.3 is 0 Å². The Morgan fingerprint density at radius 1 is 1.41 bits per heavy atom. The highest BCUT2D eigenvalue weighted by Crippen LogP contribution is 2.12. The third-order valence-corrected chi connectivity index (χ3v) is 2.68. The molecule has 1 aromatic carbocycles. The molecule has 3 N–H and O–H groups in total. The molecule has 0 amide bonds. The molecule has 0 aliphatic heterocycles. The fraction of sp³-hybridized carbons (Fsp3) is 0.417. The van der Waals surface area contributed by atoms with E-state index in [9.17, 15) is 8.78 Å². The first-order valence-corrected chi connectivity index (χ1v) is 5.37. The molecule has 0 heterocycles. The molecule has 0 saturated heterocycles. The predicted molar refractivity (Wildman–Crippen MR) is 63.8 cm³/mol. The summed E-state index contributed by atoms with van der Waals surface area (Å²) >= 11 is 0. The molecule has 94 valence electrons. The van der Waals surface area contributed by atoms with Gasteiger partial charge in [-0.15, -0.1) is 0 Å². The van der Waals surface area contributed by atoms with Gasteiger partial charge in [0.1, 0.15) is 0 Å². The van der Waals surface area contributed by atoms with Gasteiger partial charge < -0.3 is 5.73 Å². The summed E-state index contributed by atoms with van der Waals surface area (Å²) in [5, 5.41) is 7.20. The van der Waals surface area contributed by atoms with E-state index in [4.69, 9.17) is 11.1 Å². The SMILES string of the molecule is CC(CC(=N)N)N(C)Cc1ccc(F)c(F)c1. The number of nitrogens with two attached hydrogens (primary N) is 1. The topological polar surface area (TPSA) is 53.1 Å². The zero-order chi connectivity index (χ0) is 13.0. The molecule has 1 rings (SSSR count). The number of nitrogens with one attached hydrogen (secondary N) is 1. The van der Waals surface area contributed by atoms with E-state index < -0.39 is 11.6 Å². The Bertz CT molecular complexity index is 407. The van der Waals surface area contributed by atoms with Gasteiger partial charge in [-0.3, -0.25) is 10.3 Å². The smallest absolute Gasteiger partial charge is 0.159 e. The summed E-state index contributed by atoms with van der Waals surface area (Å²) in [4.78, 5) is 1.94. The van der Waals surface area contributed by atoms with Crippen molar-refractivity contribution >= 4 is 5.84 Å². The van der Waals surface area contributed by atoms with Gasteiger partial charge in [0.2, 0.25) is 0 Å². The second-order valence-electron chi connectivity index (χ2n) is 4.24. The van der Waals surface area contributed by atoms with Crippen LogP contribution in [-0.2, 0) is 6.54 Å². The number of rotatable bonds is 5. The number of hydrogen-bond donors (Lipinski definition) is 2. The monoisotopic (exact) mass is 241 g/mol. The van der Waals surface area contributed by atoms with E-state index in [2.05, 4.69) is 0 Å². The molecule has 1 atom stereocenters.